The number of hydrogen-bond donors (Lipinski definition) is 1. The molecule has 2 aromatic heterocycles. The van der Waals surface area contributed by atoms with Crippen molar-refractivity contribution >= 4 is 33.8 Å². The van der Waals surface area contributed by atoms with Crippen LogP contribution in [0.2, 0.25) is 0 Å². The van der Waals surface area contributed by atoms with Crippen LogP contribution in [0, 0.1) is 20.8 Å². The smallest absolute Gasteiger partial charge is 0.165 e. The van der Waals surface area contributed by atoms with Crippen LogP contribution in [-0.4, -0.2) is 29.2 Å². The first kappa shape index (κ1) is 28.6. The topological polar surface area (TPSA) is 52.5 Å². The van der Waals surface area contributed by atoms with Gasteiger partial charge in [0.1, 0.15) is 11.3 Å². The Kier molecular flexibility index (Phi) is 6.66. The number of anilines is 4. The Labute approximate surface area is 265 Å². The van der Waals surface area contributed by atoms with Gasteiger partial charge >= 0.3 is 0 Å². The molecule has 1 aliphatic rings. The van der Waals surface area contributed by atoms with Crippen LogP contribution in [-0.2, 0) is 5.41 Å². The molecular formula is C40H38N4O. The predicted octanol–water partition coefficient (Wildman–Crippen LogP) is 9.77. The molecule has 0 bridgehead atoms. The largest absolute Gasteiger partial charge is 0.504 e. The Hall–Kier alpha value is -5.16. The lowest BCUT2D eigenvalue weighted by atomic mass is 9.73. The van der Waals surface area contributed by atoms with Gasteiger partial charge in [-0.05, 0) is 90.6 Å². The van der Waals surface area contributed by atoms with Crippen molar-refractivity contribution in [3.8, 4) is 28.1 Å². The highest BCUT2D eigenvalue weighted by Gasteiger charge is 2.37. The van der Waals surface area contributed by atoms with E-state index in [9.17, 15) is 5.11 Å². The molecule has 0 fully saturated rings. The van der Waals surface area contributed by atoms with E-state index < -0.39 is 0 Å². The van der Waals surface area contributed by atoms with Crippen LogP contribution in [0.1, 0.15) is 41.7 Å². The van der Waals surface area contributed by atoms with Crippen LogP contribution in [0.25, 0.3) is 33.3 Å². The number of rotatable bonds is 4. The van der Waals surface area contributed by atoms with Gasteiger partial charge in [-0.2, -0.15) is 0 Å². The van der Waals surface area contributed by atoms with E-state index in [1.54, 1.807) is 0 Å². The Bertz CT molecular complexity index is 2110. The summed E-state index contributed by atoms with van der Waals surface area (Å²) < 4.78 is 0. The van der Waals surface area contributed by atoms with Crippen LogP contribution in [0.5, 0.6) is 5.75 Å². The van der Waals surface area contributed by atoms with E-state index in [1.807, 2.05) is 49.5 Å². The zero-order valence-electron chi connectivity index (χ0n) is 27.0. The third-order valence-electron chi connectivity index (χ3n) is 9.26. The summed E-state index contributed by atoms with van der Waals surface area (Å²) in [7, 11) is 3.85. The number of aromatic hydroxyl groups is 1. The lowest BCUT2D eigenvalue weighted by molar-refractivity contribution is 0.480. The summed E-state index contributed by atoms with van der Waals surface area (Å²) >= 11 is 0. The van der Waals surface area contributed by atoms with Crippen LogP contribution >= 0.6 is 0 Å². The fourth-order valence-electron chi connectivity index (χ4n) is 7.14. The van der Waals surface area contributed by atoms with Gasteiger partial charge in [0, 0.05) is 36.7 Å². The Morgan fingerprint density at radius 1 is 0.733 bits per heavy atom. The predicted molar refractivity (Wildman–Crippen MR) is 187 cm³/mol. The van der Waals surface area contributed by atoms with Crippen molar-refractivity contribution in [2.45, 2.75) is 40.0 Å². The highest BCUT2D eigenvalue weighted by Crippen LogP contribution is 2.52. The maximum absolute atomic E-state index is 11.1. The van der Waals surface area contributed by atoms with Crippen molar-refractivity contribution < 1.29 is 5.11 Å². The maximum atomic E-state index is 11.1. The van der Waals surface area contributed by atoms with Crippen molar-refractivity contribution in [2.24, 2.45) is 0 Å². The van der Waals surface area contributed by atoms with Crippen LogP contribution < -0.4 is 9.80 Å². The van der Waals surface area contributed by atoms with Gasteiger partial charge in [-0.25, -0.2) is 9.97 Å². The van der Waals surface area contributed by atoms with Crippen molar-refractivity contribution in [1.29, 1.82) is 0 Å². The number of hydrogen-bond acceptors (Lipinski definition) is 5. The zero-order valence-corrected chi connectivity index (χ0v) is 27.0. The molecule has 0 saturated carbocycles. The number of aryl methyl sites for hydroxylation is 3. The average molecular weight is 591 g/mol. The minimum Gasteiger partial charge on any atom is -0.504 e. The van der Waals surface area contributed by atoms with Gasteiger partial charge in [0.15, 0.2) is 5.75 Å². The number of para-hydroxylation sites is 1. The molecule has 0 aliphatic carbocycles. The van der Waals surface area contributed by atoms with E-state index in [-0.39, 0.29) is 11.2 Å². The molecular weight excluding hydrogens is 552 g/mol. The second-order valence-electron chi connectivity index (χ2n) is 13.0. The molecule has 0 unspecified atom stereocenters. The van der Waals surface area contributed by atoms with Gasteiger partial charge in [0.25, 0.3) is 0 Å². The molecule has 7 rings (SSSR count). The summed E-state index contributed by atoms with van der Waals surface area (Å²) in [5.41, 5.74) is 13.8. The molecule has 4 aromatic carbocycles. The fourth-order valence-corrected chi connectivity index (χ4v) is 7.14. The minimum absolute atomic E-state index is 0.191. The molecule has 6 aromatic rings. The number of fused-ring (bicyclic) bond motifs is 3. The summed E-state index contributed by atoms with van der Waals surface area (Å²) in [5, 5.41) is 12.0. The van der Waals surface area contributed by atoms with Gasteiger partial charge in [-0.3, -0.25) is 4.90 Å². The third-order valence-corrected chi connectivity index (χ3v) is 9.26. The Balaban J connectivity index is 1.43. The quantitative estimate of drug-likeness (QED) is 0.221. The minimum atomic E-state index is -0.224. The fraction of sp³-hybridized carbons (Fsp3) is 0.200. The molecule has 0 amide bonds. The van der Waals surface area contributed by atoms with E-state index in [0.717, 1.165) is 45.1 Å². The van der Waals surface area contributed by atoms with E-state index >= 15 is 0 Å². The number of benzene rings is 4. The van der Waals surface area contributed by atoms with Gasteiger partial charge in [-0.15, -0.1) is 0 Å². The summed E-state index contributed by atoms with van der Waals surface area (Å²) in [6.45, 7) is 11.1. The first-order chi connectivity index (χ1) is 21.5. The molecule has 5 nitrogen and oxygen atoms in total. The van der Waals surface area contributed by atoms with Gasteiger partial charge < -0.3 is 10.0 Å². The maximum Gasteiger partial charge on any atom is 0.165 e. The molecule has 5 heteroatoms. The average Bonchev–Trinajstić information content (AvgIpc) is 3.01. The highest BCUT2D eigenvalue weighted by molar-refractivity contribution is 5.93. The molecule has 0 spiro atoms. The molecule has 1 N–H and O–H groups in total. The van der Waals surface area contributed by atoms with E-state index in [0.29, 0.717) is 5.52 Å². The monoisotopic (exact) mass is 590 g/mol. The zero-order chi connectivity index (χ0) is 31.6. The number of aromatic nitrogens is 2. The molecule has 224 valence electrons. The van der Waals surface area contributed by atoms with Crippen LogP contribution in [0.15, 0.2) is 97.2 Å². The Morgan fingerprint density at radius 2 is 1.44 bits per heavy atom. The van der Waals surface area contributed by atoms with E-state index in [2.05, 4.69) is 106 Å². The van der Waals surface area contributed by atoms with Crippen LogP contribution in [0.3, 0.4) is 0 Å². The van der Waals surface area contributed by atoms with Crippen molar-refractivity contribution in [3.63, 3.8) is 0 Å². The van der Waals surface area contributed by atoms with Gasteiger partial charge in [0.05, 0.1) is 22.8 Å². The van der Waals surface area contributed by atoms with Gasteiger partial charge in [-0.1, -0.05) is 74.0 Å². The second kappa shape index (κ2) is 10.5. The Morgan fingerprint density at radius 3 is 2.20 bits per heavy atom. The standard InChI is InChI=1S/C40H38N4O/c1-24-20-25(2)37(26(3)21-24)29-18-19-41-36(23-29)44-33-11-9-8-10-30(33)40(4,5)31-15-12-28(22-35(31)44)32-16-13-27-14-17-34(43(6)7)39(45)38(27)42-32/h8-23,45H,1-7H3. The SMILES string of the molecule is Cc1cc(C)c(-c2ccnc(N3c4ccccc4C(C)(C)c4ccc(-c5ccc6ccc(N(C)C)c(O)c6n5)cc43)c2)c(C)c1. The lowest BCUT2D eigenvalue weighted by Crippen LogP contribution is -2.31. The first-order valence-corrected chi connectivity index (χ1v) is 15.4. The third kappa shape index (κ3) is 4.62. The molecule has 45 heavy (non-hydrogen) atoms. The molecule has 0 atom stereocenters. The molecule has 1 aliphatic heterocycles. The van der Waals surface area contributed by atoms with E-state index in [4.69, 9.17) is 9.97 Å². The number of phenolic OH excluding ortho intramolecular Hbond substituents is 1. The number of pyridine rings is 2. The van der Waals surface area contributed by atoms with Crippen molar-refractivity contribution in [3.05, 3.63) is 125 Å². The summed E-state index contributed by atoms with van der Waals surface area (Å²) in [6.07, 6.45) is 1.92. The van der Waals surface area contributed by atoms with Gasteiger partial charge in [0.2, 0.25) is 0 Å². The number of phenols is 1. The van der Waals surface area contributed by atoms with Crippen molar-refractivity contribution in [2.75, 3.05) is 23.9 Å². The summed E-state index contributed by atoms with van der Waals surface area (Å²) in [5.74, 6) is 1.06. The lowest BCUT2D eigenvalue weighted by Gasteiger charge is -2.41. The second-order valence-corrected chi connectivity index (χ2v) is 13.0. The number of nitrogens with zero attached hydrogens (tertiary/aromatic N) is 4. The highest BCUT2D eigenvalue weighted by atomic mass is 16.3. The first-order valence-electron chi connectivity index (χ1n) is 15.4. The van der Waals surface area contributed by atoms with Crippen LogP contribution in [0.4, 0.5) is 22.9 Å². The normalized spacial score (nSPS) is 13.4. The summed E-state index contributed by atoms with van der Waals surface area (Å²) in [6, 6.07) is 32.1. The molecule has 0 radical (unpaired) electrons. The van der Waals surface area contributed by atoms with E-state index in [1.165, 1.54) is 33.4 Å². The molecule has 0 saturated heterocycles. The van der Waals surface area contributed by atoms with Crippen molar-refractivity contribution in [1.82, 2.24) is 9.97 Å². The summed E-state index contributed by atoms with van der Waals surface area (Å²) in [4.78, 5) is 14.1. The molecule has 3 heterocycles.